The summed E-state index contributed by atoms with van der Waals surface area (Å²) in [4.78, 5) is 16.9. The van der Waals surface area contributed by atoms with Crippen LogP contribution in [0.25, 0.3) is 28.4 Å². The molecule has 0 radical (unpaired) electrons. The van der Waals surface area contributed by atoms with Crippen molar-refractivity contribution in [3.05, 3.63) is 90.6 Å². The van der Waals surface area contributed by atoms with Crippen LogP contribution in [0.15, 0.2) is 85.1 Å². The lowest BCUT2D eigenvalue weighted by molar-refractivity contribution is 0.262. The van der Waals surface area contributed by atoms with Gasteiger partial charge < -0.3 is 10.6 Å². The molecule has 0 aliphatic heterocycles. The topological polar surface area (TPSA) is 97.1 Å². The van der Waals surface area contributed by atoms with Crippen molar-refractivity contribution >= 4 is 23.1 Å². The fraction of sp³-hybridized carbons (Fsp3) is 0.115. The minimum Gasteiger partial charge on any atom is -0.308 e. The van der Waals surface area contributed by atoms with Crippen LogP contribution in [0.2, 0.25) is 0 Å². The van der Waals surface area contributed by atoms with Gasteiger partial charge in [-0.2, -0.15) is 9.61 Å². The number of hydrogen-bond donors (Lipinski definition) is 2. The lowest BCUT2D eigenvalue weighted by Crippen LogP contribution is -2.19. The lowest BCUT2D eigenvalue weighted by atomic mass is 10.0. The van der Waals surface area contributed by atoms with E-state index in [0.717, 1.165) is 16.9 Å². The zero-order valence-electron chi connectivity index (χ0n) is 18.8. The van der Waals surface area contributed by atoms with Crippen molar-refractivity contribution < 1.29 is 4.79 Å². The van der Waals surface area contributed by atoms with E-state index < -0.39 is 0 Å². The van der Waals surface area contributed by atoms with Gasteiger partial charge in [0.2, 0.25) is 5.82 Å². The Balaban J connectivity index is 1.36. The van der Waals surface area contributed by atoms with Gasteiger partial charge in [-0.05, 0) is 60.0 Å². The molecule has 0 saturated heterocycles. The van der Waals surface area contributed by atoms with Crippen molar-refractivity contribution in [2.24, 2.45) is 0 Å². The van der Waals surface area contributed by atoms with Gasteiger partial charge in [0.15, 0.2) is 5.65 Å². The van der Waals surface area contributed by atoms with E-state index in [0.29, 0.717) is 28.8 Å². The lowest BCUT2D eigenvalue weighted by Gasteiger charge is -2.10. The number of nitrogens with zero attached hydrogens (tertiary/aromatic N) is 5. The molecule has 0 spiro atoms. The molecule has 2 amide bonds. The van der Waals surface area contributed by atoms with Crippen LogP contribution in [0.4, 0.5) is 16.2 Å². The maximum atomic E-state index is 12.5. The Kier molecular flexibility index (Phi) is 5.70. The van der Waals surface area contributed by atoms with Gasteiger partial charge in [0.1, 0.15) is 5.69 Å². The summed E-state index contributed by atoms with van der Waals surface area (Å²) in [6, 6.07) is 24.4. The molecule has 0 atom stereocenters. The highest BCUT2D eigenvalue weighted by molar-refractivity contribution is 6.00. The van der Waals surface area contributed by atoms with E-state index in [2.05, 4.69) is 39.7 Å². The smallest absolute Gasteiger partial charge is 0.308 e. The van der Waals surface area contributed by atoms with Crippen LogP contribution >= 0.6 is 0 Å². The summed E-state index contributed by atoms with van der Waals surface area (Å²) in [5.41, 5.74) is 5.50. The Morgan fingerprint density at radius 1 is 0.824 bits per heavy atom. The molecule has 0 bridgehead atoms. The molecule has 0 unspecified atom stereocenters. The van der Waals surface area contributed by atoms with E-state index in [4.69, 9.17) is 5.10 Å². The maximum Gasteiger partial charge on any atom is 0.323 e. The monoisotopic (exact) mass is 449 g/mol. The van der Waals surface area contributed by atoms with E-state index in [9.17, 15) is 4.79 Å². The minimum absolute atomic E-state index is 0.311. The molecular formula is C26H23N7O. The quantitative estimate of drug-likeness (QED) is 0.363. The zero-order valence-corrected chi connectivity index (χ0v) is 18.8. The number of carbonyl (C=O) groups is 1. The van der Waals surface area contributed by atoms with Crippen molar-refractivity contribution in [1.29, 1.82) is 0 Å². The minimum atomic E-state index is -0.311. The first kappa shape index (κ1) is 21.3. The van der Waals surface area contributed by atoms with Gasteiger partial charge in [-0.3, -0.25) is 4.98 Å². The summed E-state index contributed by atoms with van der Waals surface area (Å²) in [7, 11) is 0. The highest BCUT2D eigenvalue weighted by Crippen LogP contribution is 2.23. The summed E-state index contributed by atoms with van der Waals surface area (Å²) in [6.45, 7) is 4.27. The van der Waals surface area contributed by atoms with E-state index >= 15 is 0 Å². The van der Waals surface area contributed by atoms with Gasteiger partial charge in [0.05, 0.1) is 5.69 Å². The highest BCUT2D eigenvalue weighted by atomic mass is 16.2. The second-order valence-corrected chi connectivity index (χ2v) is 8.16. The number of carbonyl (C=O) groups excluding carboxylic acids is 1. The van der Waals surface area contributed by atoms with Crippen molar-refractivity contribution in [2.75, 3.05) is 10.6 Å². The Bertz CT molecular complexity index is 1440. The maximum absolute atomic E-state index is 12.5. The Hall–Kier alpha value is -4.59. The molecule has 168 valence electrons. The van der Waals surface area contributed by atoms with E-state index in [1.54, 1.807) is 10.7 Å². The Labute approximate surface area is 196 Å². The molecule has 5 rings (SSSR count). The molecule has 3 aromatic heterocycles. The summed E-state index contributed by atoms with van der Waals surface area (Å²) in [5, 5.41) is 18.9. The number of urea groups is 1. The predicted octanol–water partition coefficient (Wildman–Crippen LogP) is 5.62. The summed E-state index contributed by atoms with van der Waals surface area (Å²) in [5.74, 6) is 1.01. The van der Waals surface area contributed by atoms with Crippen LogP contribution in [0.3, 0.4) is 0 Å². The predicted molar refractivity (Wildman–Crippen MR) is 133 cm³/mol. The summed E-state index contributed by atoms with van der Waals surface area (Å²) < 4.78 is 1.67. The largest absolute Gasteiger partial charge is 0.323 e. The molecule has 3 heterocycles. The number of rotatable bonds is 5. The number of amides is 2. The third-order valence-corrected chi connectivity index (χ3v) is 5.41. The first-order valence-corrected chi connectivity index (χ1v) is 11.0. The van der Waals surface area contributed by atoms with E-state index in [-0.39, 0.29) is 6.03 Å². The van der Waals surface area contributed by atoms with Gasteiger partial charge in [-0.1, -0.05) is 44.2 Å². The van der Waals surface area contributed by atoms with Gasteiger partial charge >= 0.3 is 6.03 Å². The van der Waals surface area contributed by atoms with Crippen LogP contribution in [-0.4, -0.2) is 30.8 Å². The normalized spacial score (nSPS) is 11.0. The molecule has 2 N–H and O–H groups in total. The Morgan fingerprint density at radius 2 is 1.65 bits per heavy atom. The average Bonchev–Trinajstić information content (AvgIpc) is 3.28. The second kappa shape index (κ2) is 9.11. The highest BCUT2D eigenvalue weighted by Gasteiger charge is 2.12. The van der Waals surface area contributed by atoms with Gasteiger partial charge in [0.25, 0.3) is 0 Å². The molecule has 8 nitrogen and oxygen atoms in total. The molecule has 0 saturated carbocycles. The van der Waals surface area contributed by atoms with Crippen molar-refractivity contribution in [1.82, 2.24) is 24.8 Å². The first-order chi connectivity index (χ1) is 16.6. The SMILES string of the molecule is CC(C)c1ccc(NC(=O)Nc2cccc(-c3ccc4nnc(-c5ccccn5)n4n3)c2)cc1. The number of pyridine rings is 1. The van der Waals surface area contributed by atoms with Crippen LogP contribution in [0.5, 0.6) is 0 Å². The molecule has 34 heavy (non-hydrogen) atoms. The number of hydrogen-bond acceptors (Lipinski definition) is 5. The average molecular weight is 450 g/mol. The number of benzene rings is 2. The van der Waals surface area contributed by atoms with E-state index in [1.165, 1.54) is 5.56 Å². The molecule has 5 aromatic rings. The number of fused-ring (bicyclic) bond motifs is 1. The summed E-state index contributed by atoms with van der Waals surface area (Å²) >= 11 is 0. The van der Waals surface area contributed by atoms with Crippen molar-refractivity contribution in [3.63, 3.8) is 0 Å². The van der Waals surface area contributed by atoms with Gasteiger partial charge in [-0.15, -0.1) is 10.2 Å². The van der Waals surface area contributed by atoms with Gasteiger partial charge in [-0.25, -0.2) is 4.79 Å². The third-order valence-electron chi connectivity index (χ3n) is 5.41. The number of nitrogens with one attached hydrogen (secondary N) is 2. The Morgan fingerprint density at radius 3 is 2.41 bits per heavy atom. The van der Waals surface area contributed by atoms with Crippen LogP contribution in [0, 0.1) is 0 Å². The fourth-order valence-electron chi connectivity index (χ4n) is 3.60. The van der Waals surface area contributed by atoms with Crippen molar-refractivity contribution in [3.8, 4) is 22.8 Å². The molecule has 0 aliphatic rings. The van der Waals surface area contributed by atoms with Crippen molar-refractivity contribution in [2.45, 2.75) is 19.8 Å². The summed E-state index contributed by atoms with van der Waals surface area (Å²) in [6.07, 6.45) is 1.71. The fourth-order valence-corrected chi connectivity index (χ4v) is 3.60. The molecule has 0 aliphatic carbocycles. The third kappa shape index (κ3) is 4.47. The molecular weight excluding hydrogens is 426 g/mol. The van der Waals surface area contributed by atoms with Crippen LogP contribution in [-0.2, 0) is 0 Å². The zero-order chi connectivity index (χ0) is 23.5. The second-order valence-electron chi connectivity index (χ2n) is 8.16. The first-order valence-electron chi connectivity index (χ1n) is 11.0. The number of anilines is 2. The van der Waals surface area contributed by atoms with Crippen LogP contribution in [0.1, 0.15) is 25.3 Å². The van der Waals surface area contributed by atoms with Crippen LogP contribution < -0.4 is 10.6 Å². The van der Waals surface area contributed by atoms with Gasteiger partial charge in [0, 0.05) is 23.1 Å². The molecule has 0 fully saturated rings. The number of aromatic nitrogens is 5. The van der Waals surface area contributed by atoms with E-state index in [1.807, 2.05) is 78.9 Å². The molecule has 8 heteroatoms. The standard InChI is InChI=1S/C26H23N7O/c1-17(2)18-9-11-20(12-10-18)28-26(34)29-21-7-5-6-19(16-21)22-13-14-24-30-31-25(33(24)32-22)23-8-3-4-15-27-23/h3-17H,1-2H3,(H2,28,29,34). The molecule has 2 aromatic carbocycles.